The number of amides is 1. The fraction of sp³-hybridized carbons (Fsp3) is 0.320. The Morgan fingerprint density at radius 1 is 1.09 bits per heavy atom. The summed E-state index contributed by atoms with van der Waals surface area (Å²) in [5.41, 5.74) is 4.95. The third-order valence-electron chi connectivity index (χ3n) is 6.29. The molecule has 1 unspecified atom stereocenters. The van der Waals surface area contributed by atoms with E-state index in [0.29, 0.717) is 16.5 Å². The van der Waals surface area contributed by atoms with E-state index in [-0.39, 0.29) is 19.5 Å². The number of benzene rings is 1. The van der Waals surface area contributed by atoms with Crippen molar-refractivity contribution in [3.8, 4) is 22.3 Å². The molecule has 8 heteroatoms. The standard InChI is InChI=1S/C25H23ClFN3O3/c26-21-10-17(24(31)30-8-6-25(32,33)23(27)14-30)3-4-20(21)19-9-18(12-28-13-19)16-5-7-29-22(11-16)15-1-2-15/h3-5,7,9-13,15,23,32-33H,1-2,6,8,14H2. The van der Waals surface area contributed by atoms with Crippen LogP contribution in [0.5, 0.6) is 0 Å². The van der Waals surface area contributed by atoms with Gasteiger partial charge in [0.25, 0.3) is 5.91 Å². The Hall–Kier alpha value is -2.87. The van der Waals surface area contributed by atoms with Gasteiger partial charge in [-0.1, -0.05) is 17.7 Å². The molecule has 5 rings (SSSR count). The van der Waals surface area contributed by atoms with Gasteiger partial charge in [-0.25, -0.2) is 4.39 Å². The third-order valence-corrected chi connectivity index (χ3v) is 6.61. The second kappa shape index (κ2) is 8.48. The number of aromatic nitrogens is 2. The van der Waals surface area contributed by atoms with Gasteiger partial charge in [-0.2, -0.15) is 0 Å². The van der Waals surface area contributed by atoms with Gasteiger partial charge in [-0.05, 0) is 48.7 Å². The number of hydrogen-bond donors (Lipinski definition) is 2. The molecule has 3 aromatic rings. The number of halogens is 2. The predicted octanol–water partition coefficient (Wildman–Crippen LogP) is 4.21. The van der Waals surface area contributed by atoms with Gasteiger partial charge < -0.3 is 15.1 Å². The first kappa shape index (κ1) is 21.9. The maximum atomic E-state index is 14.0. The average molecular weight is 468 g/mol. The minimum absolute atomic E-state index is 0.0480. The molecule has 0 radical (unpaired) electrons. The van der Waals surface area contributed by atoms with E-state index in [2.05, 4.69) is 16.0 Å². The molecular weight excluding hydrogens is 445 g/mol. The van der Waals surface area contributed by atoms with E-state index >= 15 is 0 Å². The maximum absolute atomic E-state index is 14.0. The highest BCUT2D eigenvalue weighted by molar-refractivity contribution is 6.33. The number of alkyl halides is 1. The summed E-state index contributed by atoms with van der Waals surface area (Å²) in [5, 5.41) is 19.5. The summed E-state index contributed by atoms with van der Waals surface area (Å²) >= 11 is 6.53. The summed E-state index contributed by atoms with van der Waals surface area (Å²) in [7, 11) is 0. The molecule has 1 aromatic carbocycles. The first-order valence-electron chi connectivity index (χ1n) is 10.9. The second-order valence-corrected chi connectivity index (χ2v) is 9.16. The highest BCUT2D eigenvalue weighted by atomic mass is 35.5. The molecule has 2 N–H and O–H groups in total. The number of nitrogens with zero attached hydrogens (tertiary/aromatic N) is 3. The number of likely N-dealkylation sites (tertiary alicyclic amines) is 1. The molecule has 1 saturated heterocycles. The van der Waals surface area contributed by atoms with Crippen LogP contribution >= 0.6 is 11.6 Å². The number of carbonyl (C=O) groups is 1. The van der Waals surface area contributed by atoms with Crippen LogP contribution in [0.1, 0.15) is 41.2 Å². The molecule has 170 valence electrons. The van der Waals surface area contributed by atoms with Crippen LogP contribution in [0.25, 0.3) is 22.3 Å². The minimum atomic E-state index is -2.40. The van der Waals surface area contributed by atoms with Crippen molar-refractivity contribution < 1.29 is 19.4 Å². The van der Waals surface area contributed by atoms with Crippen LogP contribution < -0.4 is 0 Å². The SMILES string of the molecule is O=C(c1ccc(-c2cncc(-c3ccnc(C4CC4)c3)c2)c(Cl)c1)N1CCC(O)(O)C(F)C1. The van der Waals surface area contributed by atoms with Crippen molar-refractivity contribution in [1.82, 2.24) is 14.9 Å². The van der Waals surface area contributed by atoms with Gasteiger partial charge in [0.1, 0.15) is 0 Å². The molecule has 1 saturated carbocycles. The van der Waals surface area contributed by atoms with E-state index in [1.54, 1.807) is 30.6 Å². The van der Waals surface area contributed by atoms with Crippen LogP contribution in [0.15, 0.2) is 55.0 Å². The largest absolute Gasteiger partial charge is 0.363 e. The van der Waals surface area contributed by atoms with Crippen LogP contribution in [0.2, 0.25) is 5.02 Å². The zero-order valence-electron chi connectivity index (χ0n) is 17.8. The van der Waals surface area contributed by atoms with Crippen molar-refractivity contribution in [3.05, 3.63) is 71.3 Å². The summed E-state index contributed by atoms with van der Waals surface area (Å²) in [6.45, 7) is -0.335. The molecule has 33 heavy (non-hydrogen) atoms. The smallest absolute Gasteiger partial charge is 0.254 e. The van der Waals surface area contributed by atoms with Crippen molar-refractivity contribution in [2.45, 2.75) is 37.1 Å². The van der Waals surface area contributed by atoms with Gasteiger partial charge in [-0.15, -0.1) is 0 Å². The van der Waals surface area contributed by atoms with Crippen molar-refractivity contribution in [3.63, 3.8) is 0 Å². The zero-order chi connectivity index (χ0) is 23.2. The van der Waals surface area contributed by atoms with Crippen LogP contribution in [0.4, 0.5) is 4.39 Å². The van der Waals surface area contributed by atoms with Crippen molar-refractivity contribution in [1.29, 1.82) is 0 Å². The van der Waals surface area contributed by atoms with E-state index in [9.17, 15) is 19.4 Å². The maximum Gasteiger partial charge on any atom is 0.254 e. The molecule has 1 aliphatic heterocycles. The Morgan fingerprint density at radius 2 is 1.88 bits per heavy atom. The number of hydrogen-bond acceptors (Lipinski definition) is 5. The monoisotopic (exact) mass is 467 g/mol. The summed E-state index contributed by atoms with van der Waals surface area (Å²) in [6, 6.07) is 11.0. The Labute approximate surface area is 195 Å². The van der Waals surface area contributed by atoms with Crippen LogP contribution in [0, 0.1) is 0 Å². The van der Waals surface area contributed by atoms with Gasteiger partial charge in [0.2, 0.25) is 0 Å². The van der Waals surface area contributed by atoms with E-state index in [0.717, 1.165) is 27.9 Å². The van der Waals surface area contributed by atoms with Gasteiger partial charge in [0, 0.05) is 70.4 Å². The molecular formula is C25H23ClFN3O3. The summed E-state index contributed by atoms with van der Waals surface area (Å²) < 4.78 is 14.0. The number of carbonyl (C=O) groups excluding carboxylic acids is 1. The molecule has 1 amide bonds. The fourth-order valence-corrected chi connectivity index (χ4v) is 4.40. The molecule has 6 nitrogen and oxygen atoms in total. The van der Waals surface area contributed by atoms with Gasteiger partial charge in [-0.3, -0.25) is 14.8 Å². The van der Waals surface area contributed by atoms with Gasteiger partial charge in [0.15, 0.2) is 12.0 Å². The Kier molecular flexibility index (Phi) is 5.64. The molecule has 2 aliphatic rings. The highest BCUT2D eigenvalue weighted by Gasteiger charge is 2.41. The van der Waals surface area contributed by atoms with E-state index < -0.39 is 17.9 Å². The second-order valence-electron chi connectivity index (χ2n) is 8.75. The zero-order valence-corrected chi connectivity index (χ0v) is 18.5. The average Bonchev–Trinajstić information content (AvgIpc) is 3.66. The third kappa shape index (κ3) is 4.49. The quantitative estimate of drug-likeness (QED) is 0.561. The molecule has 2 fully saturated rings. The fourth-order valence-electron chi connectivity index (χ4n) is 4.11. The van der Waals surface area contributed by atoms with Gasteiger partial charge >= 0.3 is 0 Å². The highest BCUT2D eigenvalue weighted by Crippen LogP contribution is 2.40. The first-order chi connectivity index (χ1) is 15.8. The molecule has 0 spiro atoms. The number of rotatable bonds is 4. The minimum Gasteiger partial charge on any atom is -0.363 e. The lowest BCUT2D eigenvalue weighted by Crippen LogP contribution is -2.54. The lowest BCUT2D eigenvalue weighted by molar-refractivity contribution is -0.225. The van der Waals surface area contributed by atoms with Crippen LogP contribution in [0.3, 0.4) is 0 Å². The molecule has 1 atom stereocenters. The van der Waals surface area contributed by atoms with E-state index in [1.165, 1.54) is 17.7 Å². The topological polar surface area (TPSA) is 86.6 Å². The predicted molar refractivity (Wildman–Crippen MR) is 122 cm³/mol. The number of pyridine rings is 2. The molecule has 0 bridgehead atoms. The molecule has 2 aromatic heterocycles. The van der Waals surface area contributed by atoms with Crippen LogP contribution in [-0.2, 0) is 0 Å². The summed E-state index contributed by atoms with van der Waals surface area (Å²) in [6.07, 6.45) is 5.53. The first-order valence-corrected chi connectivity index (χ1v) is 11.3. The Morgan fingerprint density at radius 3 is 2.61 bits per heavy atom. The Balaban J connectivity index is 1.38. The van der Waals surface area contributed by atoms with Crippen LogP contribution in [-0.4, -0.2) is 56.0 Å². The van der Waals surface area contributed by atoms with Gasteiger partial charge in [0.05, 0.1) is 6.54 Å². The normalized spacial score (nSPS) is 20.0. The number of aliphatic hydroxyl groups is 2. The van der Waals surface area contributed by atoms with Crippen molar-refractivity contribution in [2.24, 2.45) is 0 Å². The van der Waals surface area contributed by atoms with Crippen molar-refractivity contribution >= 4 is 17.5 Å². The summed E-state index contributed by atoms with van der Waals surface area (Å²) in [5.74, 6) is -2.25. The Bertz CT molecular complexity index is 1220. The molecule has 1 aliphatic carbocycles. The summed E-state index contributed by atoms with van der Waals surface area (Å²) in [4.78, 5) is 22.9. The molecule has 3 heterocycles. The van der Waals surface area contributed by atoms with E-state index in [4.69, 9.17) is 11.6 Å². The number of piperidine rings is 1. The lowest BCUT2D eigenvalue weighted by Gasteiger charge is -2.37. The van der Waals surface area contributed by atoms with Crippen molar-refractivity contribution in [2.75, 3.05) is 13.1 Å². The lowest BCUT2D eigenvalue weighted by atomic mass is 9.99. The van der Waals surface area contributed by atoms with E-state index in [1.807, 2.05) is 18.3 Å².